The van der Waals surface area contributed by atoms with Crippen LogP contribution in [0, 0.1) is 0 Å². The van der Waals surface area contributed by atoms with Gasteiger partial charge in [-0.15, -0.1) is 11.8 Å². The number of carboxylic acid groups (broad SMARTS) is 1. The second kappa shape index (κ2) is 7.76. The molecule has 0 aliphatic carbocycles. The van der Waals surface area contributed by atoms with E-state index in [2.05, 4.69) is 5.32 Å². The molecule has 0 aromatic heterocycles. The second-order valence-corrected chi connectivity index (χ2v) is 5.21. The Morgan fingerprint density at radius 3 is 2.61 bits per heavy atom. The minimum atomic E-state index is -0.892. The smallest absolute Gasteiger partial charge is 0.316 e. The van der Waals surface area contributed by atoms with Gasteiger partial charge in [-0.05, 0) is 18.9 Å². The summed E-state index contributed by atoms with van der Waals surface area (Å²) in [7, 11) is 0. The first-order valence-electron chi connectivity index (χ1n) is 5.74. The monoisotopic (exact) mass is 267 g/mol. The molecule has 2 N–H and O–H groups in total. The van der Waals surface area contributed by atoms with Crippen LogP contribution in [-0.2, 0) is 16.0 Å². The maximum Gasteiger partial charge on any atom is 0.316 e. The Bertz CT molecular complexity index is 394. The summed E-state index contributed by atoms with van der Waals surface area (Å²) in [5.74, 6) is -0.830. The van der Waals surface area contributed by atoms with Crippen molar-refractivity contribution in [2.24, 2.45) is 0 Å². The van der Waals surface area contributed by atoms with Crippen LogP contribution >= 0.6 is 11.8 Å². The first kappa shape index (κ1) is 14.6. The highest BCUT2D eigenvalue weighted by atomic mass is 32.2. The van der Waals surface area contributed by atoms with Crippen LogP contribution in [0.25, 0.3) is 0 Å². The van der Waals surface area contributed by atoms with E-state index < -0.39 is 11.2 Å². The largest absolute Gasteiger partial charge is 0.480 e. The van der Waals surface area contributed by atoms with Crippen LogP contribution in [0.5, 0.6) is 0 Å². The van der Waals surface area contributed by atoms with E-state index in [-0.39, 0.29) is 11.7 Å². The quantitative estimate of drug-likeness (QED) is 0.786. The van der Waals surface area contributed by atoms with Crippen LogP contribution in [0.15, 0.2) is 30.3 Å². The Balaban J connectivity index is 2.16. The molecule has 0 fully saturated rings. The van der Waals surface area contributed by atoms with Crippen molar-refractivity contribution in [3.8, 4) is 0 Å². The lowest BCUT2D eigenvalue weighted by Crippen LogP contribution is -2.28. The van der Waals surface area contributed by atoms with Crippen molar-refractivity contribution in [3.05, 3.63) is 35.9 Å². The molecule has 1 atom stereocenters. The summed E-state index contributed by atoms with van der Waals surface area (Å²) in [5, 5.41) is 10.9. The molecule has 0 saturated carbocycles. The number of amides is 1. The molecule has 4 nitrogen and oxygen atoms in total. The molecule has 1 aromatic carbocycles. The Labute approximate surface area is 111 Å². The molecule has 0 heterocycles. The fourth-order valence-electron chi connectivity index (χ4n) is 1.31. The number of benzene rings is 1. The van der Waals surface area contributed by atoms with Gasteiger partial charge in [-0.1, -0.05) is 30.3 Å². The Hall–Kier alpha value is -1.49. The SMILES string of the molecule is CC(SCC(=O)NCCc1ccccc1)C(=O)O. The molecule has 5 heteroatoms. The molecule has 1 amide bonds. The van der Waals surface area contributed by atoms with Crippen molar-refractivity contribution in [1.82, 2.24) is 5.32 Å². The number of hydrogen-bond acceptors (Lipinski definition) is 3. The predicted octanol–water partition coefficient (Wildman–Crippen LogP) is 1.55. The molecule has 0 aliphatic rings. The summed E-state index contributed by atoms with van der Waals surface area (Å²) >= 11 is 1.13. The van der Waals surface area contributed by atoms with E-state index >= 15 is 0 Å². The van der Waals surface area contributed by atoms with Gasteiger partial charge in [0.1, 0.15) is 0 Å². The van der Waals surface area contributed by atoms with Gasteiger partial charge in [-0.25, -0.2) is 0 Å². The highest BCUT2D eigenvalue weighted by Crippen LogP contribution is 2.09. The zero-order valence-electron chi connectivity index (χ0n) is 10.3. The minimum absolute atomic E-state index is 0.121. The standard InChI is InChI=1S/C13H17NO3S/c1-10(13(16)17)18-9-12(15)14-8-7-11-5-3-2-4-6-11/h2-6,10H,7-9H2,1H3,(H,14,15)(H,16,17). The van der Waals surface area contributed by atoms with Crippen molar-refractivity contribution in [3.63, 3.8) is 0 Å². The number of carbonyl (C=O) groups is 2. The number of carbonyl (C=O) groups excluding carboxylic acids is 1. The third-order valence-electron chi connectivity index (χ3n) is 2.39. The third-order valence-corrected chi connectivity index (χ3v) is 3.52. The van der Waals surface area contributed by atoms with E-state index in [1.165, 1.54) is 5.56 Å². The van der Waals surface area contributed by atoms with E-state index in [9.17, 15) is 9.59 Å². The van der Waals surface area contributed by atoms with Gasteiger partial charge in [0, 0.05) is 6.54 Å². The van der Waals surface area contributed by atoms with E-state index in [0.29, 0.717) is 6.54 Å². The van der Waals surface area contributed by atoms with Crippen LogP contribution in [0.3, 0.4) is 0 Å². The van der Waals surface area contributed by atoms with Gasteiger partial charge in [0.15, 0.2) is 0 Å². The highest BCUT2D eigenvalue weighted by Gasteiger charge is 2.12. The van der Waals surface area contributed by atoms with Gasteiger partial charge in [0.25, 0.3) is 0 Å². The summed E-state index contributed by atoms with van der Waals surface area (Å²) in [6.07, 6.45) is 0.783. The average Bonchev–Trinajstić information content (AvgIpc) is 2.37. The van der Waals surface area contributed by atoms with Crippen molar-refractivity contribution >= 4 is 23.6 Å². The van der Waals surface area contributed by atoms with Crippen LogP contribution in [0.2, 0.25) is 0 Å². The maximum absolute atomic E-state index is 11.4. The van der Waals surface area contributed by atoms with E-state index in [1.807, 2.05) is 30.3 Å². The van der Waals surface area contributed by atoms with Crippen LogP contribution in [-0.4, -0.2) is 34.5 Å². The molecule has 0 saturated heterocycles. The molecule has 1 unspecified atom stereocenters. The molecular formula is C13H17NO3S. The van der Waals surface area contributed by atoms with Crippen molar-refractivity contribution in [2.75, 3.05) is 12.3 Å². The highest BCUT2D eigenvalue weighted by molar-refractivity contribution is 8.01. The molecule has 0 aliphatic heterocycles. The van der Waals surface area contributed by atoms with Crippen molar-refractivity contribution in [1.29, 1.82) is 0 Å². The van der Waals surface area contributed by atoms with Gasteiger partial charge in [0.2, 0.25) is 5.91 Å². The first-order valence-corrected chi connectivity index (χ1v) is 6.79. The van der Waals surface area contributed by atoms with E-state index in [1.54, 1.807) is 6.92 Å². The molecule has 0 bridgehead atoms. The number of rotatable bonds is 7. The summed E-state index contributed by atoms with van der Waals surface area (Å²) < 4.78 is 0. The van der Waals surface area contributed by atoms with Crippen LogP contribution in [0.4, 0.5) is 0 Å². The van der Waals surface area contributed by atoms with Gasteiger partial charge in [-0.3, -0.25) is 9.59 Å². The average molecular weight is 267 g/mol. The van der Waals surface area contributed by atoms with Crippen LogP contribution in [0.1, 0.15) is 12.5 Å². The predicted molar refractivity (Wildman–Crippen MR) is 72.7 cm³/mol. The summed E-state index contributed by atoms with van der Waals surface area (Å²) in [4.78, 5) is 22.0. The maximum atomic E-state index is 11.4. The number of aliphatic carboxylic acids is 1. The lowest BCUT2D eigenvalue weighted by Gasteiger charge is -2.07. The zero-order valence-corrected chi connectivity index (χ0v) is 11.1. The van der Waals surface area contributed by atoms with E-state index in [0.717, 1.165) is 18.2 Å². The summed E-state index contributed by atoms with van der Waals surface area (Å²) in [5.41, 5.74) is 1.17. The summed E-state index contributed by atoms with van der Waals surface area (Å²) in [6, 6.07) is 9.88. The fourth-order valence-corrected chi connectivity index (χ4v) is 1.96. The van der Waals surface area contributed by atoms with Crippen LogP contribution < -0.4 is 5.32 Å². The number of nitrogens with one attached hydrogen (secondary N) is 1. The zero-order chi connectivity index (χ0) is 13.4. The molecule has 18 heavy (non-hydrogen) atoms. The summed E-state index contributed by atoms with van der Waals surface area (Å²) in [6.45, 7) is 2.15. The molecular weight excluding hydrogens is 250 g/mol. The van der Waals surface area contributed by atoms with Gasteiger partial charge in [-0.2, -0.15) is 0 Å². The topological polar surface area (TPSA) is 66.4 Å². The third kappa shape index (κ3) is 5.72. The van der Waals surface area contributed by atoms with Gasteiger partial charge >= 0.3 is 5.97 Å². The lowest BCUT2D eigenvalue weighted by molar-refractivity contribution is -0.136. The molecule has 1 rings (SSSR count). The number of thioether (sulfide) groups is 1. The normalized spacial score (nSPS) is 11.8. The van der Waals surface area contributed by atoms with Gasteiger partial charge < -0.3 is 10.4 Å². The molecule has 98 valence electrons. The van der Waals surface area contributed by atoms with Gasteiger partial charge in [0.05, 0.1) is 11.0 Å². The molecule has 1 aromatic rings. The Kier molecular flexibility index (Phi) is 6.28. The van der Waals surface area contributed by atoms with E-state index in [4.69, 9.17) is 5.11 Å². The second-order valence-electron chi connectivity index (χ2n) is 3.88. The minimum Gasteiger partial charge on any atom is -0.480 e. The molecule has 0 spiro atoms. The van der Waals surface area contributed by atoms with Crippen molar-refractivity contribution < 1.29 is 14.7 Å². The Morgan fingerprint density at radius 2 is 2.00 bits per heavy atom. The lowest BCUT2D eigenvalue weighted by atomic mass is 10.1. The first-order chi connectivity index (χ1) is 8.59. The Morgan fingerprint density at radius 1 is 1.33 bits per heavy atom. The molecule has 0 radical (unpaired) electrons. The number of hydrogen-bond donors (Lipinski definition) is 2. The van der Waals surface area contributed by atoms with Crippen molar-refractivity contribution in [2.45, 2.75) is 18.6 Å². The fraction of sp³-hybridized carbons (Fsp3) is 0.385. The number of carboxylic acids is 1.